The van der Waals surface area contributed by atoms with Crippen molar-refractivity contribution in [2.45, 2.75) is 18.7 Å². The minimum Gasteiger partial charge on any atom is -0.475 e. The van der Waals surface area contributed by atoms with Crippen molar-refractivity contribution in [1.29, 1.82) is 0 Å². The van der Waals surface area contributed by atoms with Crippen LogP contribution in [0.2, 0.25) is 0 Å². The maximum atomic E-state index is 12.5. The third kappa shape index (κ3) is 4.29. The van der Waals surface area contributed by atoms with E-state index in [1.165, 1.54) is 0 Å². The van der Waals surface area contributed by atoms with Crippen LogP contribution in [-0.4, -0.2) is 42.8 Å². The van der Waals surface area contributed by atoms with E-state index in [2.05, 4.69) is 15.9 Å². The molecule has 0 atom stereocenters. The van der Waals surface area contributed by atoms with E-state index < -0.39 is 34.2 Å². The van der Waals surface area contributed by atoms with Gasteiger partial charge in [-0.1, -0.05) is 13.8 Å². The number of carbonyl (C=O) groups excluding carboxylic acids is 1. The molecule has 8 nitrogen and oxygen atoms in total. The number of aromatic carboxylic acids is 1. The Balaban J connectivity index is 3.27. The van der Waals surface area contributed by atoms with Crippen LogP contribution in [0.1, 0.15) is 24.4 Å². The van der Waals surface area contributed by atoms with Crippen molar-refractivity contribution in [2.24, 2.45) is 11.7 Å². The van der Waals surface area contributed by atoms with E-state index in [0.29, 0.717) is 0 Å². The molecular formula is C11H15BrN2O6S. The van der Waals surface area contributed by atoms with E-state index in [9.17, 15) is 18.0 Å². The molecule has 0 unspecified atom stereocenters. The summed E-state index contributed by atoms with van der Waals surface area (Å²) in [4.78, 5) is 21.5. The van der Waals surface area contributed by atoms with Crippen molar-refractivity contribution in [3.05, 3.63) is 16.5 Å². The van der Waals surface area contributed by atoms with Gasteiger partial charge in [-0.15, -0.1) is 0 Å². The lowest BCUT2D eigenvalue weighted by Crippen LogP contribution is -2.40. The first-order valence-corrected chi connectivity index (χ1v) is 8.10. The number of halogens is 1. The lowest BCUT2D eigenvalue weighted by molar-refractivity contribution is -0.118. The second-order valence-corrected chi connectivity index (χ2v) is 7.34. The highest BCUT2D eigenvalue weighted by Crippen LogP contribution is 2.29. The van der Waals surface area contributed by atoms with E-state index >= 15 is 0 Å². The third-order valence-corrected chi connectivity index (χ3v) is 5.05. The van der Waals surface area contributed by atoms with E-state index in [0.717, 1.165) is 10.4 Å². The second kappa shape index (κ2) is 6.58. The minimum atomic E-state index is -4.11. The highest BCUT2D eigenvalue weighted by Gasteiger charge is 2.32. The van der Waals surface area contributed by atoms with Crippen molar-refractivity contribution in [1.82, 2.24) is 4.31 Å². The van der Waals surface area contributed by atoms with Crippen molar-refractivity contribution in [3.8, 4) is 0 Å². The number of nitrogens with zero attached hydrogens (tertiary/aromatic N) is 1. The molecule has 3 N–H and O–H groups in total. The largest absolute Gasteiger partial charge is 0.475 e. The summed E-state index contributed by atoms with van der Waals surface area (Å²) in [6.07, 6.45) is 0. The molecule has 0 saturated carbocycles. The minimum absolute atomic E-state index is 0.0521. The molecule has 0 aliphatic heterocycles. The van der Waals surface area contributed by atoms with E-state index in [4.69, 9.17) is 15.3 Å². The van der Waals surface area contributed by atoms with Crippen LogP contribution in [0, 0.1) is 5.92 Å². The Kier molecular flexibility index (Phi) is 5.54. The van der Waals surface area contributed by atoms with Gasteiger partial charge < -0.3 is 15.3 Å². The summed E-state index contributed by atoms with van der Waals surface area (Å²) in [5, 5.41) is 8.82. The highest BCUT2D eigenvalue weighted by atomic mass is 79.9. The Bertz CT molecular complexity index is 652. The van der Waals surface area contributed by atoms with Crippen LogP contribution < -0.4 is 5.73 Å². The number of nitrogens with two attached hydrogens (primary N) is 1. The molecule has 1 amide bonds. The molecule has 10 heteroatoms. The number of hydrogen-bond acceptors (Lipinski definition) is 5. The summed E-state index contributed by atoms with van der Waals surface area (Å²) in [6, 6.07) is 0.885. The molecule has 0 aromatic carbocycles. The molecule has 0 fully saturated rings. The fourth-order valence-corrected chi connectivity index (χ4v) is 4.07. The molecule has 1 heterocycles. The molecule has 118 valence electrons. The Morgan fingerprint density at radius 3 is 2.43 bits per heavy atom. The average molecular weight is 383 g/mol. The van der Waals surface area contributed by atoms with Gasteiger partial charge in [-0.05, 0) is 21.8 Å². The van der Waals surface area contributed by atoms with Gasteiger partial charge >= 0.3 is 5.97 Å². The van der Waals surface area contributed by atoms with Gasteiger partial charge in [0.05, 0.1) is 6.54 Å². The SMILES string of the molecule is CC(C)CN(CC(N)=O)S(=O)(=O)c1cc(C(=O)O)oc1Br. The van der Waals surface area contributed by atoms with E-state index in [-0.39, 0.29) is 22.0 Å². The van der Waals surface area contributed by atoms with Gasteiger partial charge in [-0.25, -0.2) is 13.2 Å². The van der Waals surface area contributed by atoms with Gasteiger partial charge in [0, 0.05) is 12.6 Å². The Morgan fingerprint density at radius 1 is 1.48 bits per heavy atom. The van der Waals surface area contributed by atoms with Crippen molar-refractivity contribution in [3.63, 3.8) is 0 Å². The number of primary amides is 1. The van der Waals surface area contributed by atoms with Crippen molar-refractivity contribution < 1.29 is 27.5 Å². The molecule has 1 rings (SSSR count). The Hall–Kier alpha value is -1.39. The number of sulfonamides is 1. The van der Waals surface area contributed by atoms with Crippen LogP contribution in [0.3, 0.4) is 0 Å². The number of rotatable bonds is 7. The predicted molar refractivity (Wildman–Crippen MR) is 76.2 cm³/mol. The lowest BCUT2D eigenvalue weighted by atomic mass is 10.2. The van der Waals surface area contributed by atoms with Gasteiger partial charge in [0.15, 0.2) is 4.67 Å². The third-order valence-electron chi connectivity index (χ3n) is 2.39. The molecule has 1 aromatic rings. The van der Waals surface area contributed by atoms with Crippen LogP contribution in [0.5, 0.6) is 0 Å². The number of carboxylic acids is 1. The summed E-state index contributed by atoms with van der Waals surface area (Å²) in [7, 11) is -4.11. The normalized spacial score (nSPS) is 12.0. The number of hydrogen-bond donors (Lipinski definition) is 2. The first kappa shape index (κ1) is 17.7. The van der Waals surface area contributed by atoms with Crippen molar-refractivity contribution in [2.75, 3.05) is 13.1 Å². The first-order valence-electron chi connectivity index (χ1n) is 5.86. The molecular weight excluding hydrogens is 368 g/mol. The van der Waals surface area contributed by atoms with E-state index in [1.807, 2.05) is 0 Å². The molecule has 0 spiro atoms. The molecule has 21 heavy (non-hydrogen) atoms. The molecule has 0 saturated heterocycles. The van der Waals surface area contributed by atoms with Gasteiger partial charge in [-0.2, -0.15) is 4.31 Å². The van der Waals surface area contributed by atoms with Gasteiger partial charge in [0.2, 0.25) is 21.7 Å². The Labute approximate surface area is 130 Å². The quantitative estimate of drug-likeness (QED) is 0.718. The summed E-state index contributed by atoms with van der Waals surface area (Å²) >= 11 is 2.87. The summed E-state index contributed by atoms with van der Waals surface area (Å²) in [5.74, 6) is -2.78. The van der Waals surface area contributed by atoms with Crippen LogP contribution >= 0.6 is 15.9 Å². The second-order valence-electron chi connectivity index (χ2n) is 4.71. The van der Waals surface area contributed by atoms with Crippen LogP contribution in [0.15, 0.2) is 20.0 Å². The molecule has 1 aromatic heterocycles. The zero-order valence-electron chi connectivity index (χ0n) is 11.4. The smallest absolute Gasteiger partial charge is 0.371 e. The lowest BCUT2D eigenvalue weighted by Gasteiger charge is -2.21. The van der Waals surface area contributed by atoms with Gasteiger partial charge in [0.1, 0.15) is 4.90 Å². The average Bonchev–Trinajstić information content (AvgIpc) is 2.70. The van der Waals surface area contributed by atoms with Crippen LogP contribution in [0.25, 0.3) is 0 Å². The first-order chi connectivity index (χ1) is 9.55. The fraction of sp³-hybridized carbons (Fsp3) is 0.455. The van der Waals surface area contributed by atoms with Gasteiger partial charge in [-0.3, -0.25) is 4.79 Å². The van der Waals surface area contributed by atoms with Gasteiger partial charge in [0.25, 0.3) is 0 Å². The summed E-state index contributed by atoms with van der Waals surface area (Å²) in [6.45, 7) is 3.11. The zero-order chi connectivity index (χ0) is 16.4. The number of amides is 1. The van der Waals surface area contributed by atoms with Crippen molar-refractivity contribution >= 4 is 37.8 Å². The summed E-state index contributed by atoms with van der Waals surface area (Å²) in [5.41, 5.74) is 5.06. The maximum absolute atomic E-state index is 12.5. The molecule has 0 radical (unpaired) electrons. The number of carboxylic acid groups (broad SMARTS) is 1. The number of carbonyl (C=O) groups is 2. The van der Waals surface area contributed by atoms with E-state index in [1.54, 1.807) is 13.8 Å². The van der Waals surface area contributed by atoms with Crippen LogP contribution in [-0.2, 0) is 14.8 Å². The fourth-order valence-electron chi connectivity index (χ4n) is 1.60. The zero-order valence-corrected chi connectivity index (χ0v) is 13.8. The summed E-state index contributed by atoms with van der Waals surface area (Å²) < 4.78 is 30.5. The predicted octanol–water partition coefficient (Wildman–Crippen LogP) is 0.872. The topological polar surface area (TPSA) is 131 Å². The monoisotopic (exact) mass is 382 g/mol. The molecule has 0 aliphatic rings. The Morgan fingerprint density at radius 2 is 2.05 bits per heavy atom. The molecule has 0 aliphatic carbocycles. The standard InChI is InChI=1S/C11H15BrN2O6S/c1-6(2)4-14(5-9(13)15)21(18,19)8-3-7(11(16)17)20-10(8)12/h3,6H,4-5H2,1-2H3,(H2,13,15)(H,16,17). The number of furan rings is 1. The van der Waals surface area contributed by atoms with Crippen LogP contribution in [0.4, 0.5) is 0 Å². The highest BCUT2D eigenvalue weighted by molar-refractivity contribution is 9.10. The maximum Gasteiger partial charge on any atom is 0.371 e. The molecule has 0 bridgehead atoms.